The van der Waals surface area contributed by atoms with Crippen molar-refractivity contribution in [3.05, 3.63) is 29.3 Å². The van der Waals surface area contributed by atoms with Crippen molar-refractivity contribution in [3.63, 3.8) is 0 Å². The average Bonchev–Trinajstić information content (AvgIpc) is 2.13. The molecule has 0 bridgehead atoms. The van der Waals surface area contributed by atoms with Crippen LogP contribution in [0.1, 0.15) is 6.92 Å². The molecule has 0 saturated heterocycles. The van der Waals surface area contributed by atoms with Crippen molar-refractivity contribution in [1.29, 1.82) is 0 Å². The van der Waals surface area contributed by atoms with Gasteiger partial charge in [-0.05, 0) is 12.1 Å². The summed E-state index contributed by atoms with van der Waals surface area (Å²) in [7, 11) is -2.50. The molecule has 1 unspecified atom stereocenters. The highest BCUT2D eigenvalue weighted by Crippen LogP contribution is 2.32. The Bertz CT molecular complexity index is 445. The van der Waals surface area contributed by atoms with Crippen molar-refractivity contribution in [2.45, 2.75) is 17.3 Å². The first-order valence-electron chi connectivity index (χ1n) is 4.10. The zero-order valence-corrected chi connectivity index (χ0v) is 9.66. The second-order valence-electron chi connectivity index (χ2n) is 2.77. The van der Waals surface area contributed by atoms with E-state index in [2.05, 4.69) is 4.36 Å². The first-order valence-corrected chi connectivity index (χ1v) is 5.66. The lowest BCUT2D eigenvalue weighted by molar-refractivity contribution is -0.115. The summed E-state index contributed by atoms with van der Waals surface area (Å²) < 4.78 is 41.0. The predicted molar refractivity (Wildman–Crippen MR) is 56.2 cm³/mol. The standard InChI is InChI=1S/C9H7ClF3NOS/c1-6(15)14-16(9(11,12)13)8-5-3-2-4-7(8)10/h2-5H,1H3. The number of nitrogens with zero attached hydrogens (tertiary/aromatic N) is 1. The summed E-state index contributed by atoms with van der Waals surface area (Å²) in [6, 6.07) is 5.48. The fraction of sp³-hybridized carbons (Fsp3) is 0.222. The van der Waals surface area contributed by atoms with Crippen LogP contribution in [0, 0.1) is 0 Å². The molecule has 0 spiro atoms. The number of amides is 1. The molecule has 1 amide bonds. The molecule has 0 N–H and O–H groups in total. The smallest absolute Gasteiger partial charge is 0.272 e. The van der Waals surface area contributed by atoms with Gasteiger partial charge in [-0.15, -0.1) is 0 Å². The van der Waals surface area contributed by atoms with Gasteiger partial charge in [0.15, 0.2) is 0 Å². The minimum absolute atomic E-state index is 0.0480. The van der Waals surface area contributed by atoms with Crippen molar-refractivity contribution < 1.29 is 18.0 Å². The van der Waals surface area contributed by atoms with E-state index in [9.17, 15) is 18.0 Å². The zero-order chi connectivity index (χ0) is 12.3. The lowest BCUT2D eigenvalue weighted by Crippen LogP contribution is -2.17. The number of hydrogen-bond donors (Lipinski definition) is 0. The van der Waals surface area contributed by atoms with Gasteiger partial charge in [0, 0.05) is 22.5 Å². The van der Waals surface area contributed by atoms with E-state index in [-0.39, 0.29) is 9.92 Å². The molecule has 0 aliphatic rings. The van der Waals surface area contributed by atoms with Crippen molar-refractivity contribution in [3.8, 4) is 0 Å². The molecule has 7 heteroatoms. The van der Waals surface area contributed by atoms with Crippen LogP contribution in [-0.2, 0) is 15.5 Å². The topological polar surface area (TPSA) is 29.4 Å². The first kappa shape index (κ1) is 13.2. The SMILES string of the molecule is CC(=O)N=S(c1ccccc1Cl)C(F)(F)F. The minimum atomic E-state index is -4.60. The van der Waals surface area contributed by atoms with Crippen molar-refractivity contribution >= 4 is 28.2 Å². The first-order chi connectivity index (χ1) is 7.32. The third-order valence-corrected chi connectivity index (χ3v) is 3.58. The Morgan fingerprint density at radius 2 is 1.94 bits per heavy atom. The van der Waals surface area contributed by atoms with Crippen LogP contribution in [-0.4, -0.2) is 11.4 Å². The highest BCUT2D eigenvalue weighted by Gasteiger charge is 2.37. The molecule has 0 heterocycles. The molecule has 0 radical (unpaired) electrons. The van der Waals surface area contributed by atoms with E-state index in [0.29, 0.717) is 0 Å². The second-order valence-corrected chi connectivity index (χ2v) is 4.83. The predicted octanol–water partition coefficient (Wildman–Crippen LogP) is 3.57. The fourth-order valence-electron chi connectivity index (χ4n) is 0.956. The Balaban J connectivity index is 3.34. The Hall–Kier alpha value is -0.880. The number of rotatable bonds is 1. The van der Waals surface area contributed by atoms with Gasteiger partial charge in [0.25, 0.3) is 0 Å². The third kappa shape index (κ3) is 3.31. The molecule has 0 saturated carbocycles. The molecule has 2 nitrogen and oxygen atoms in total. The van der Waals surface area contributed by atoms with Gasteiger partial charge in [-0.25, -0.2) is 0 Å². The highest BCUT2D eigenvalue weighted by atomic mass is 35.5. The maximum Gasteiger partial charge on any atom is 0.457 e. The molecular formula is C9H7ClF3NOS. The number of alkyl halides is 3. The molecule has 0 fully saturated rings. The van der Waals surface area contributed by atoms with E-state index in [4.69, 9.17) is 11.6 Å². The van der Waals surface area contributed by atoms with E-state index in [1.165, 1.54) is 24.3 Å². The van der Waals surface area contributed by atoms with E-state index >= 15 is 0 Å². The van der Waals surface area contributed by atoms with Gasteiger partial charge in [0.05, 0.1) is 5.02 Å². The molecule has 1 atom stereocenters. The largest absolute Gasteiger partial charge is 0.457 e. The van der Waals surface area contributed by atoms with Crippen molar-refractivity contribution in [2.24, 2.45) is 4.36 Å². The summed E-state index contributed by atoms with van der Waals surface area (Å²) in [5.41, 5.74) is -4.60. The summed E-state index contributed by atoms with van der Waals surface area (Å²) in [6.07, 6.45) is 0. The number of hydrogen-bond acceptors (Lipinski definition) is 1. The third-order valence-electron chi connectivity index (χ3n) is 1.48. The number of benzene rings is 1. The Kier molecular flexibility index (Phi) is 4.09. The van der Waals surface area contributed by atoms with Gasteiger partial charge < -0.3 is 0 Å². The van der Waals surface area contributed by atoms with E-state index in [1.54, 1.807) is 0 Å². The molecule has 0 aliphatic carbocycles. The maximum atomic E-state index is 12.7. The van der Waals surface area contributed by atoms with Gasteiger partial charge in [-0.3, -0.25) is 4.79 Å². The Morgan fingerprint density at radius 1 is 1.38 bits per heavy atom. The molecular weight excluding hydrogens is 263 g/mol. The van der Waals surface area contributed by atoms with Crippen LogP contribution in [0.3, 0.4) is 0 Å². The van der Waals surface area contributed by atoms with Crippen molar-refractivity contribution in [1.82, 2.24) is 0 Å². The molecule has 1 rings (SSSR count). The summed E-state index contributed by atoms with van der Waals surface area (Å²) in [6.45, 7) is 0.975. The number of halogens is 4. The van der Waals surface area contributed by atoms with Gasteiger partial charge in [0.1, 0.15) is 0 Å². The molecule has 1 aromatic carbocycles. The summed E-state index contributed by atoms with van der Waals surface area (Å²) in [5, 5.41) is -0.0480. The summed E-state index contributed by atoms with van der Waals surface area (Å²) in [5.74, 6) is -0.874. The summed E-state index contributed by atoms with van der Waals surface area (Å²) >= 11 is 5.64. The van der Waals surface area contributed by atoms with Gasteiger partial charge in [-0.1, -0.05) is 23.7 Å². The molecule has 16 heavy (non-hydrogen) atoms. The van der Waals surface area contributed by atoms with E-state index in [0.717, 1.165) is 6.92 Å². The van der Waals surface area contributed by atoms with Crippen LogP contribution in [0.4, 0.5) is 13.2 Å². The second kappa shape index (κ2) is 4.97. The number of carbonyl (C=O) groups excluding carboxylic acids is 1. The zero-order valence-electron chi connectivity index (χ0n) is 8.08. The van der Waals surface area contributed by atoms with Crippen LogP contribution < -0.4 is 0 Å². The molecule has 0 aliphatic heterocycles. The maximum absolute atomic E-state index is 12.7. The normalized spacial score (nSPS) is 13.8. The minimum Gasteiger partial charge on any atom is -0.272 e. The number of carbonyl (C=O) groups is 1. The van der Waals surface area contributed by atoms with Crippen LogP contribution in [0.5, 0.6) is 0 Å². The van der Waals surface area contributed by atoms with E-state index < -0.39 is 22.1 Å². The van der Waals surface area contributed by atoms with Crippen LogP contribution >= 0.6 is 11.6 Å². The quantitative estimate of drug-likeness (QED) is 0.766. The lowest BCUT2D eigenvalue weighted by atomic mass is 10.4. The van der Waals surface area contributed by atoms with Gasteiger partial charge >= 0.3 is 5.51 Å². The molecule has 1 aromatic rings. The lowest BCUT2D eigenvalue weighted by Gasteiger charge is -2.12. The monoisotopic (exact) mass is 269 g/mol. The molecule has 0 aromatic heterocycles. The Labute approximate surface area is 97.5 Å². The van der Waals surface area contributed by atoms with Crippen LogP contribution in [0.2, 0.25) is 5.02 Å². The summed E-state index contributed by atoms with van der Waals surface area (Å²) in [4.78, 5) is 10.5. The van der Waals surface area contributed by atoms with Gasteiger partial charge in [-0.2, -0.15) is 17.5 Å². The fourth-order valence-corrected chi connectivity index (χ4v) is 2.48. The van der Waals surface area contributed by atoms with Crippen LogP contribution in [0.15, 0.2) is 33.5 Å². The van der Waals surface area contributed by atoms with Gasteiger partial charge in [0.2, 0.25) is 5.91 Å². The van der Waals surface area contributed by atoms with Crippen molar-refractivity contribution in [2.75, 3.05) is 0 Å². The highest BCUT2D eigenvalue weighted by molar-refractivity contribution is 7.88. The molecule has 88 valence electrons. The van der Waals surface area contributed by atoms with E-state index in [1.807, 2.05) is 0 Å². The Morgan fingerprint density at radius 3 is 2.38 bits per heavy atom. The average molecular weight is 270 g/mol. The van der Waals surface area contributed by atoms with Crippen LogP contribution in [0.25, 0.3) is 0 Å².